The van der Waals surface area contributed by atoms with Crippen molar-refractivity contribution in [3.63, 3.8) is 0 Å². The Kier molecular flexibility index (Phi) is 33.7. The van der Waals surface area contributed by atoms with Gasteiger partial charge in [0.1, 0.15) is 0 Å². The Morgan fingerprint density at radius 2 is 0.588 bits per heavy atom. The van der Waals surface area contributed by atoms with Gasteiger partial charge in [0.05, 0.1) is 0 Å². The molecule has 0 amide bonds. The third kappa shape index (κ3) is 32.4. The second kappa shape index (κ2) is 33.4. The predicted octanol–water partition coefficient (Wildman–Crippen LogP) is 13.2. The molecule has 1 radical (unpaired) electrons. The van der Waals surface area contributed by atoms with Crippen LogP contribution in [-0.4, -0.2) is 5.75 Å². The van der Waals surface area contributed by atoms with Crippen molar-refractivity contribution >= 4 is 11.8 Å². The first-order chi connectivity index (χ1) is 16.9. The van der Waals surface area contributed by atoms with E-state index in [9.17, 15) is 0 Å². The molecule has 0 rings (SSSR count). The van der Waals surface area contributed by atoms with E-state index in [1.54, 1.807) is 0 Å². The lowest BCUT2D eigenvalue weighted by atomic mass is 10.0. The van der Waals surface area contributed by atoms with E-state index in [0.717, 1.165) is 0 Å². The molecule has 0 atom stereocenters. The first-order valence-corrected chi connectivity index (χ1v) is 17.4. The minimum atomic E-state index is 1.33. The van der Waals surface area contributed by atoms with Crippen molar-refractivity contribution in [3.8, 4) is 0 Å². The lowest BCUT2D eigenvalue weighted by Crippen LogP contribution is -1.85. The zero-order valence-corrected chi connectivity index (χ0v) is 25.0. The molecule has 0 N–H and O–H groups in total. The van der Waals surface area contributed by atoms with Crippen molar-refractivity contribution in [3.05, 3.63) is 5.75 Å². The molecule has 0 saturated heterocycles. The molecule has 0 saturated carbocycles. The fraction of sp³-hybridized carbons (Fsp3) is 0.970. The Morgan fingerprint density at radius 1 is 0.324 bits per heavy atom. The molecule has 1 heteroatoms. The van der Waals surface area contributed by atoms with Crippen molar-refractivity contribution in [1.82, 2.24) is 0 Å². The minimum absolute atomic E-state index is 1.33. The van der Waals surface area contributed by atoms with Crippen LogP contribution in [0, 0.1) is 5.75 Å². The van der Waals surface area contributed by atoms with Crippen LogP contribution >= 0.6 is 11.8 Å². The van der Waals surface area contributed by atoms with Crippen molar-refractivity contribution in [2.75, 3.05) is 5.75 Å². The molecule has 0 aromatic carbocycles. The standard InChI is InChI=1S/C33H67S/c1-3-5-7-8-9-10-11-12-13-14-15-16-17-18-19-20-21-22-23-24-25-26-27-28-29-31-33-34-32-30-6-4-2/h33H,3-32H2,1-2H3. The number of hydrogen-bond acceptors (Lipinski definition) is 1. The molecule has 34 heavy (non-hydrogen) atoms. The number of unbranched alkanes of at least 4 members (excludes halogenated alkanes) is 27. The van der Waals surface area contributed by atoms with E-state index in [2.05, 4.69) is 31.4 Å². The number of hydrogen-bond donors (Lipinski definition) is 0. The lowest BCUT2D eigenvalue weighted by molar-refractivity contribution is 0.516. The average Bonchev–Trinajstić information content (AvgIpc) is 2.85. The highest BCUT2D eigenvalue weighted by Gasteiger charge is 1.97. The molecule has 0 nitrogen and oxygen atoms in total. The average molecular weight is 496 g/mol. The maximum atomic E-state index is 2.47. The summed E-state index contributed by atoms with van der Waals surface area (Å²) in [4.78, 5) is 0. The molecule has 0 aromatic rings. The summed E-state index contributed by atoms with van der Waals surface area (Å²) in [5.74, 6) is 3.81. The van der Waals surface area contributed by atoms with Gasteiger partial charge < -0.3 is 0 Å². The third-order valence-electron chi connectivity index (χ3n) is 7.41. The molecular weight excluding hydrogens is 428 g/mol. The van der Waals surface area contributed by atoms with E-state index in [1.807, 2.05) is 0 Å². The maximum absolute atomic E-state index is 2.47. The summed E-state index contributed by atoms with van der Waals surface area (Å²) in [6.07, 6.45) is 42.4. The van der Waals surface area contributed by atoms with Crippen LogP contribution in [0.25, 0.3) is 0 Å². The Hall–Kier alpha value is 0.350. The van der Waals surface area contributed by atoms with Gasteiger partial charge in [-0.25, -0.2) is 0 Å². The van der Waals surface area contributed by atoms with Crippen molar-refractivity contribution < 1.29 is 0 Å². The van der Waals surface area contributed by atoms with Crippen LogP contribution < -0.4 is 0 Å². The van der Waals surface area contributed by atoms with E-state index >= 15 is 0 Å². The Labute approximate surface area is 223 Å². The van der Waals surface area contributed by atoms with Crippen LogP contribution in [0.4, 0.5) is 0 Å². The summed E-state index contributed by atoms with van der Waals surface area (Å²) in [5, 5.41) is 0. The molecule has 0 heterocycles. The first kappa shape index (κ1) is 34.4. The van der Waals surface area contributed by atoms with E-state index in [0.29, 0.717) is 0 Å². The molecule has 0 bridgehead atoms. The highest BCUT2D eigenvalue weighted by molar-refractivity contribution is 8.01. The number of rotatable bonds is 31. The molecule has 205 valence electrons. The van der Waals surface area contributed by atoms with Crippen molar-refractivity contribution in [1.29, 1.82) is 0 Å². The van der Waals surface area contributed by atoms with E-state index in [4.69, 9.17) is 0 Å². The van der Waals surface area contributed by atoms with Crippen LogP contribution in [0.2, 0.25) is 0 Å². The smallest absolute Gasteiger partial charge is 0.0166 e. The van der Waals surface area contributed by atoms with Gasteiger partial charge in [-0.3, -0.25) is 0 Å². The molecule has 0 unspecified atom stereocenters. The van der Waals surface area contributed by atoms with Crippen LogP contribution in [-0.2, 0) is 0 Å². The Bertz CT molecular complexity index is 295. The van der Waals surface area contributed by atoms with Gasteiger partial charge in [0.15, 0.2) is 0 Å². The SMILES string of the molecule is CCCCCCCCCCCCCCCCCCCCCCCCCCC[CH]SCCCCC. The van der Waals surface area contributed by atoms with E-state index in [1.165, 1.54) is 192 Å². The zero-order valence-electron chi connectivity index (χ0n) is 24.2. The van der Waals surface area contributed by atoms with Crippen LogP contribution in [0.15, 0.2) is 0 Å². The third-order valence-corrected chi connectivity index (χ3v) is 8.40. The largest absolute Gasteiger partial charge is 0.157 e. The van der Waals surface area contributed by atoms with Gasteiger partial charge in [-0.1, -0.05) is 187 Å². The molecule has 0 aliphatic heterocycles. The van der Waals surface area contributed by atoms with Gasteiger partial charge in [-0.15, -0.1) is 0 Å². The van der Waals surface area contributed by atoms with Gasteiger partial charge >= 0.3 is 0 Å². The van der Waals surface area contributed by atoms with Crippen molar-refractivity contribution in [2.24, 2.45) is 0 Å². The lowest BCUT2D eigenvalue weighted by Gasteiger charge is -2.04. The molecule has 0 aliphatic carbocycles. The fourth-order valence-corrected chi connectivity index (χ4v) is 5.84. The normalized spacial score (nSPS) is 11.5. The topological polar surface area (TPSA) is 0 Å². The Morgan fingerprint density at radius 3 is 0.912 bits per heavy atom. The monoisotopic (exact) mass is 495 g/mol. The molecule has 0 aliphatic rings. The summed E-state index contributed by atoms with van der Waals surface area (Å²) >= 11 is 2.06. The first-order valence-electron chi connectivity index (χ1n) is 16.3. The highest BCUT2D eigenvalue weighted by atomic mass is 32.2. The van der Waals surface area contributed by atoms with E-state index < -0.39 is 0 Å². The summed E-state index contributed by atoms with van der Waals surface area (Å²) in [6.45, 7) is 4.59. The van der Waals surface area contributed by atoms with Crippen LogP contribution in [0.5, 0.6) is 0 Å². The van der Waals surface area contributed by atoms with Crippen LogP contribution in [0.3, 0.4) is 0 Å². The van der Waals surface area contributed by atoms with Gasteiger partial charge in [0.25, 0.3) is 0 Å². The maximum Gasteiger partial charge on any atom is 0.0166 e. The second-order valence-corrected chi connectivity index (χ2v) is 12.1. The van der Waals surface area contributed by atoms with Crippen LogP contribution in [0.1, 0.15) is 200 Å². The molecular formula is C33H67S. The van der Waals surface area contributed by atoms with Gasteiger partial charge in [0, 0.05) is 5.75 Å². The quantitative estimate of drug-likeness (QED) is 0.0861. The predicted molar refractivity (Wildman–Crippen MR) is 162 cm³/mol. The molecule has 0 spiro atoms. The zero-order chi connectivity index (χ0) is 24.6. The van der Waals surface area contributed by atoms with E-state index in [-0.39, 0.29) is 0 Å². The van der Waals surface area contributed by atoms with Gasteiger partial charge in [0.2, 0.25) is 0 Å². The molecule has 0 fully saturated rings. The fourth-order valence-electron chi connectivity index (χ4n) is 4.97. The van der Waals surface area contributed by atoms with Gasteiger partial charge in [-0.05, 0) is 18.6 Å². The summed E-state index contributed by atoms with van der Waals surface area (Å²) in [6, 6.07) is 0. The molecule has 0 aromatic heterocycles. The van der Waals surface area contributed by atoms with Gasteiger partial charge in [-0.2, -0.15) is 11.8 Å². The minimum Gasteiger partial charge on any atom is -0.157 e. The Balaban J connectivity index is 2.99. The summed E-state index contributed by atoms with van der Waals surface area (Å²) in [5.41, 5.74) is 0. The number of thioether (sulfide) groups is 1. The second-order valence-electron chi connectivity index (χ2n) is 11.0. The van der Waals surface area contributed by atoms with Crippen molar-refractivity contribution in [2.45, 2.75) is 200 Å². The highest BCUT2D eigenvalue weighted by Crippen LogP contribution is 2.18. The summed E-state index contributed by atoms with van der Waals surface area (Å²) in [7, 11) is 0. The summed E-state index contributed by atoms with van der Waals surface area (Å²) < 4.78 is 0.